The molecule has 1 atom stereocenters. The summed E-state index contributed by atoms with van der Waals surface area (Å²) >= 11 is 0. The molecule has 0 aromatic heterocycles. The van der Waals surface area contributed by atoms with Gasteiger partial charge >= 0.3 is 0 Å². The Labute approximate surface area is 108 Å². The summed E-state index contributed by atoms with van der Waals surface area (Å²) in [7, 11) is 0. The second kappa shape index (κ2) is 6.19. The van der Waals surface area contributed by atoms with Crippen LogP contribution in [0.5, 0.6) is 0 Å². The number of hydrogen-bond acceptors (Lipinski definition) is 2. The summed E-state index contributed by atoms with van der Waals surface area (Å²) in [5.41, 5.74) is 0.824. The maximum atomic E-state index is 3.63. The first kappa shape index (κ1) is 15.0. The van der Waals surface area contributed by atoms with E-state index in [4.69, 9.17) is 0 Å². The van der Waals surface area contributed by atoms with E-state index in [2.05, 4.69) is 45.3 Å². The van der Waals surface area contributed by atoms with Crippen molar-refractivity contribution in [3.63, 3.8) is 0 Å². The molecule has 0 aliphatic heterocycles. The largest absolute Gasteiger partial charge is 0.316 e. The average molecular weight is 240 g/mol. The second-order valence-corrected chi connectivity index (χ2v) is 7.31. The van der Waals surface area contributed by atoms with Gasteiger partial charge in [0.15, 0.2) is 0 Å². The summed E-state index contributed by atoms with van der Waals surface area (Å²) < 4.78 is 0. The van der Waals surface area contributed by atoms with E-state index in [9.17, 15) is 0 Å². The van der Waals surface area contributed by atoms with Gasteiger partial charge in [-0.25, -0.2) is 0 Å². The van der Waals surface area contributed by atoms with Crippen LogP contribution in [0.1, 0.15) is 60.3 Å². The van der Waals surface area contributed by atoms with Crippen molar-refractivity contribution in [2.75, 3.05) is 19.6 Å². The van der Waals surface area contributed by atoms with Gasteiger partial charge in [-0.05, 0) is 71.0 Å². The maximum absolute atomic E-state index is 3.63. The van der Waals surface area contributed by atoms with Crippen molar-refractivity contribution >= 4 is 0 Å². The van der Waals surface area contributed by atoms with Crippen molar-refractivity contribution in [3.8, 4) is 0 Å². The van der Waals surface area contributed by atoms with Gasteiger partial charge in [-0.2, -0.15) is 0 Å². The normalized spacial score (nSPS) is 24.2. The molecular weight excluding hydrogens is 208 g/mol. The Kier molecular flexibility index (Phi) is 5.46. The van der Waals surface area contributed by atoms with Gasteiger partial charge < -0.3 is 10.6 Å². The van der Waals surface area contributed by atoms with Crippen LogP contribution in [0, 0.1) is 11.3 Å². The first-order valence-corrected chi connectivity index (χ1v) is 7.27. The Balaban J connectivity index is 2.01. The summed E-state index contributed by atoms with van der Waals surface area (Å²) in [4.78, 5) is 0. The number of hydrogen-bond donors (Lipinski definition) is 2. The van der Waals surface area contributed by atoms with E-state index >= 15 is 0 Å². The molecule has 1 rings (SSSR count). The second-order valence-electron chi connectivity index (χ2n) is 7.31. The first-order chi connectivity index (χ1) is 7.81. The summed E-state index contributed by atoms with van der Waals surface area (Å²) in [5.74, 6) is 0.887. The molecule has 102 valence electrons. The summed E-state index contributed by atoms with van der Waals surface area (Å²) in [6.45, 7) is 15.0. The highest BCUT2D eigenvalue weighted by Crippen LogP contribution is 2.41. The fourth-order valence-corrected chi connectivity index (χ4v) is 2.73. The zero-order valence-corrected chi connectivity index (χ0v) is 12.5. The maximum Gasteiger partial charge on any atom is 0.00965 e. The van der Waals surface area contributed by atoms with E-state index in [-0.39, 0.29) is 5.54 Å². The lowest BCUT2D eigenvalue weighted by Gasteiger charge is -2.27. The molecule has 1 fully saturated rings. The predicted molar refractivity (Wildman–Crippen MR) is 76.4 cm³/mol. The smallest absolute Gasteiger partial charge is 0.00965 e. The Morgan fingerprint density at radius 2 is 1.88 bits per heavy atom. The molecule has 2 N–H and O–H groups in total. The molecule has 0 aromatic rings. The Hall–Kier alpha value is -0.0800. The van der Waals surface area contributed by atoms with Crippen LogP contribution < -0.4 is 10.6 Å². The van der Waals surface area contributed by atoms with E-state index in [1.165, 1.54) is 32.2 Å². The van der Waals surface area contributed by atoms with E-state index in [0.717, 1.165) is 19.0 Å². The highest BCUT2D eigenvalue weighted by atomic mass is 14.9. The molecule has 0 bridgehead atoms. The molecular formula is C15H32N2. The molecule has 1 aliphatic rings. The van der Waals surface area contributed by atoms with Crippen LogP contribution in [0.4, 0.5) is 0 Å². The van der Waals surface area contributed by atoms with Gasteiger partial charge in [-0.3, -0.25) is 0 Å². The van der Waals surface area contributed by atoms with Crippen molar-refractivity contribution in [3.05, 3.63) is 0 Å². The predicted octanol–water partition coefficient (Wildman–Crippen LogP) is 3.18. The van der Waals surface area contributed by atoms with Crippen LogP contribution in [0.15, 0.2) is 0 Å². The molecule has 0 heterocycles. The van der Waals surface area contributed by atoms with Gasteiger partial charge in [0.25, 0.3) is 0 Å². The zero-order chi connectivity index (χ0) is 12.9. The van der Waals surface area contributed by atoms with Crippen molar-refractivity contribution < 1.29 is 0 Å². The fourth-order valence-electron chi connectivity index (χ4n) is 2.73. The molecule has 0 amide bonds. The van der Waals surface area contributed by atoms with Gasteiger partial charge in [0.05, 0.1) is 0 Å². The van der Waals surface area contributed by atoms with Gasteiger partial charge in [-0.1, -0.05) is 20.3 Å². The summed E-state index contributed by atoms with van der Waals surface area (Å²) in [6.07, 6.45) is 5.47. The molecule has 1 unspecified atom stereocenters. The van der Waals surface area contributed by atoms with Crippen LogP contribution in [-0.4, -0.2) is 25.2 Å². The van der Waals surface area contributed by atoms with E-state index in [1.807, 2.05) is 0 Å². The highest BCUT2D eigenvalue weighted by molar-refractivity contribution is 4.85. The molecule has 0 aromatic carbocycles. The highest BCUT2D eigenvalue weighted by Gasteiger charge is 2.33. The lowest BCUT2D eigenvalue weighted by molar-refractivity contribution is 0.251. The van der Waals surface area contributed by atoms with Crippen LogP contribution in [0.2, 0.25) is 0 Å². The first-order valence-electron chi connectivity index (χ1n) is 7.27. The number of nitrogens with one attached hydrogen (secondary N) is 2. The van der Waals surface area contributed by atoms with E-state index in [1.54, 1.807) is 0 Å². The van der Waals surface area contributed by atoms with Crippen molar-refractivity contribution in [2.45, 2.75) is 65.8 Å². The van der Waals surface area contributed by atoms with Crippen LogP contribution in [0.25, 0.3) is 0 Å². The van der Waals surface area contributed by atoms with Crippen LogP contribution in [0.3, 0.4) is 0 Å². The summed E-state index contributed by atoms with van der Waals surface area (Å²) in [5, 5.41) is 7.16. The number of rotatable bonds is 6. The molecule has 0 radical (unpaired) electrons. The molecule has 2 heteroatoms. The van der Waals surface area contributed by atoms with Crippen LogP contribution in [-0.2, 0) is 0 Å². The van der Waals surface area contributed by atoms with Gasteiger partial charge in [-0.15, -0.1) is 0 Å². The monoisotopic (exact) mass is 240 g/mol. The van der Waals surface area contributed by atoms with Crippen LogP contribution >= 0.6 is 0 Å². The molecule has 17 heavy (non-hydrogen) atoms. The third-order valence-corrected chi connectivity index (χ3v) is 4.06. The van der Waals surface area contributed by atoms with Crippen molar-refractivity contribution in [1.82, 2.24) is 10.6 Å². The molecule has 0 saturated heterocycles. The van der Waals surface area contributed by atoms with Gasteiger partial charge in [0, 0.05) is 5.54 Å². The zero-order valence-electron chi connectivity index (χ0n) is 12.5. The van der Waals surface area contributed by atoms with Gasteiger partial charge in [0.1, 0.15) is 0 Å². The quantitative estimate of drug-likeness (QED) is 0.697. The minimum Gasteiger partial charge on any atom is -0.316 e. The summed E-state index contributed by atoms with van der Waals surface area (Å²) in [6, 6.07) is 0. The standard InChI is InChI=1S/C15H32N2/c1-14(2,3)17-11-7-10-16-12-13-8-6-9-15(13,4)5/h13,16-17H,6-12H2,1-5H3. The van der Waals surface area contributed by atoms with E-state index < -0.39 is 0 Å². The minimum absolute atomic E-state index is 0.257. The molecule has 2 nitrogen and oxygen atoms in total. The van der Waals surface area contributed by atoms with Gasteiger partial charge in [0.2, 0.25) is 0 Å². The molecule has 1 saturated carbocycles. The lowest BCUT2D eigenvalue weighted by atomic mass is 9.82. The lowest BCUT2D eigenvalue weighted by Crippen LogP contribution is -2.38. The minimum atomic E-state index is 0.257. The average Bonchev–Trinajstić information content (AvgIpc) is 2.50. The fraction of sp³-hybridized carbons (Fsp3) is 1.00. The van der Waals surface area contributed by atoms with Crippen molar-refractivity contribution in [1.29, 1.82) is 0 Å². The Bertz CT molecular complexity index is 215. The Morgan fingerprint density at radius 1 is 1.18 bits per heavy atom. The molecule has 1 aliphatic carbocycles. The van der Waals surface area contributed by atoms with E-state index in [0.29, 0.717) is 5.41 Å². The third-order valence-electron chi connectivity index (χ3n) is 4.06. The van der Waals surface area contributed by atoms with Crippen molar-refractivity contribution in [2.24, 2.45) is 11.3 Å². The topological polar surface area (TPSA) is 24.1 Å². The SMILES string of the molecule is CC(C)(C)NCCCNCC1CCCC1(C)C. The molecule has 0 spiro atoms. The Morgan fingerprint density at radius 3 is 2.41 bits per heavy atom. The third kappa shape index (κ3) is 5.87.